The number of ether oxygens (including phenoxy) is 1. The third-order valence-electron chi connectivity index (χ3n) is 4.26. The van der Waals surface area contributed by atoms with Crippen LogP contribution in [0.25, 0.3) is 0 Å². The number of carbonyl (C=O) groups excluding carboxylic acids is 1. The van der Waals surface area contributed by atoms with Gasteiger partial charge in [0.15, 0.2) is 0 Å². The number of nitrogens with one attached hydrogen (secondary N) is 1. The molecular weight excluding hydrogens is 258 g/mol. The van der Waals surface area contributed by atoms with E-state index in [9.17, 15) is 14.7 Å². The molecule has 1 aromatic carbocycles. The van der Waals surface area contributed by atoms with Crippen molar-refractivity contribution in [1.82, 2.24) is 5.32 Å². The topological polar surface area (TPSA) is 75.6 Å². The highest BCUT2D eigenvalue weighted by Crippen LogP contribution is 2.41. The molecule has 0 spiro atoms. The smallest absolute Gasteiger partial charge is 0.319 e. The molecule has 20 heavy (non-hydrogen) atoms. The molecule has 0 bridgehead atoms. The maximum atomic E-state index is 12.1. The van der Waals surface area contributed by atoms with Crippen molar-refractivity contribution >= 4 is 11.9 Å². The van der Waals surface area contributed by atoms with Crippen molar-refractivity contribution in [2.45, 2.75) is 31.8 Å². The summed E-state index contributed by atoms with van der Waals surface area (Å²) >= 11 is 0. The average molecular weight is 275 g/mol. The summed E-state index contributed by atoms with van der Waals surface area (Å²) in [5.74, 6) is -0.545. The standard InChI is InChI=1S/C15H17NO4/c17-13(15(14(18)19)6-3-7-15)16-9-11-8-10-4-1-2-5-12(10)20-11/h1-2,4-5,11H,3,6-9H2,(H,16,17)(H,18,19). The largest absolute Gasteiger partial charge is 0.488 e. The Balaban J connectivity index is 1.56. The van der Waals surface area contributed by atoms with Gasteiger partial charge in [0.1, 0.15) is 17.3 Å². The molecule has 1 aliphatic carbocycles. The van der Waals surface area contributed by atoms with Crippen LogP contribution in [0.1, 0.15) is 24.8 Å². The van der Waals surface area contributed by atoms with E-state index in [0.29, 0.717) is 19.4 Å². The van der Waals surface area contributed by atoms with Crippen LogP contribution >= 0.6 is 0 Å². The van der Waals surface area contributed by atoms with E-state index in [1.165, 1.54) is 0 Å². The molecule has 3 rings (SSSR count). The second-order valence-electron chi connectivity index (χ2n) is 5.50. The Kier molecular flexibility index (Phi) is 3.12. The minimum atomic E-state index is -1.20. The predicted molar refractivity (Wildman–Crippen MR) is 71.5 cm³/mol. The summed E-state index contributed by atoms with van der Waals surface area (Å²) in [5.41, 5.74) is -0.0748. The second-order valence-corrected chi connectivity index (χ2v) is 5.50. The fourth-order valence-electron chi connectivity index (χ4n) is 2.81. The second kappa shape index (κ2) is 4.81. The molecule has 1 heterocycles. The van der Waals surface area contributed by atoms with Gasteiger partial charge < -0.3 is 15.2 Å². The van der Waals surface area contributed by atoms with E-state index in [1.54, 1.807) is 0 Å². The van der Waals surface area contributed by atoms with Crippen molar-refractivity contribution in [1.29, 1.82) is 0 Å². The summed E-state index contributed by atoms with van der Waals surface area (Å²) in [5, 5.41) is 11.9. The first-order valence-electron chi connectivity index (χ1n) is 6.88. The zero-order valence-electron chi connectivity index (χ0n) is 11.1. The molecule has 1 atom stereocenters. The number of carboxylic acids is 1. The minimum absolute atomic E-state index is 0.109. The van der Waals surface area contributed by atoms with Gasteiger partial charge in [0.05, 0.1) is 6.54 Å². The van der Waals surface area contributed by atoms with Gasteiger partial charge in [-0.25, -0.2) is 0 Å². The van der Waals surface area contributed by atoms with Crippen molar-refractivity contribution < 1.29 is 19.4 Å². The van der Waals surface area contributed by atoms with Crippen LogP contribution in [0.2, 0.25) is 0 Å². The first kappa shape index (κ1) is 13.0. The molecule has 0 radical (unpaired) electrons. The van der Waals surface area contributed by atoms with E-state index in [0.717, 1.165) is 24.2 Å². The van der Waals surface area contributed by atoms with E-state index in [1.807, 2.05) is 24.3 Å². The highest BCUT2D eigenvalue weighted by molar-refractivity contribution is 6.02. The highest BCUT2D eigenvalue weighted by atomic mass is 16.5. The number of carbonyl (C=O) groups is 2. The van der Waals surface area contributed by atoms with Crippen LogP contribution in [0.5, 0.6) is 5.75 Å². The number of benzene rings is 1. The van der Waals surface area contributed by atoms with Crippen LogP contribution in [0.15, 0.2) is 24.3 Å². The summed E-state index contributed by atoms with van der Waals surface area (Å²) in [6.07, 6.45) is 2.30. The van der Waals surface area contributed by atoms with Gasteiger partial charge in [-0.05, 0) is 24.5 Å². The van der Waals surface area contributed by atoms with E-state index in [-0.39, 0.29) is 12.0 Å². The third-order valence-corrected chi connectivity index (χ3v) is 4.26. The molecule has 0 aromatic heterocycles. The van der Waals surface area contributed by atoms with Crippen LogP contribution in [0.3, 0.4) is 0 Å². The lowest BCUT2D eigenvalue weighted by molar-refractivity contribution is -0.162. The average Bonchev–Trinajstić information content (AvgIpc) is 2.77. The fraction of sp³-hybridized carbons (Fsp3) is 0.467. The van der Waals surface area contributed by atoms with Crippen LogP contribution in [0.4, 0.5) is 0 Å². The van der Waals surface area contributed by atoms with Crippen LogP contribution < -0.4 is 10.1 Å². The van der Waals surface area contributed by atoms with Crippen LogP contribution in [0, 0.1) is 5.41 Å². The summed E-state index contributed by atoms with van der Waals surface area (Å²) in [4.78, 5) is 23.3. The third kappa shape index (κ3) is 2.03. The van der Waals surface area contributed by atoms with Gasteiger partial charge >= 0.3 is 5.97 Å². The lowest BCUT2D eigenvalue weighted by atomic mass is 9.68. The van der Waals surface area contributed by atoms with Gasteiger partial charge in [0, 0.05) is 6.42 Å². The van der Waals surface area contributed by atoms with Gasteiger partial charge in [-0.2, -0.15) is 0 Å². The quantitative estimate of drug-likeness (QED) is 0.814. The molecule has 5 nitrogen and oxygen atoms in total. The summed E-state index contributed by atoms with van der Waals surface area (Å²) < 4.78 is 5.72. The Morgan fingerprint density at radius 3 is 2.70 bits per heavy atom. The van der Waals surface area contributed by atoms with E-state index in [2.05, 4.69) is 5.32 Å². The van der Waals surface area contributed by atoms with Crippen molar-refractivity contribution in [2.24, 2.45) is 5.41 Å². The number of hydrogen-bond acceptors (Lipinski definition) is 3. The van der Waals surface area contributed by atoms with E-state index < -0.39 is 11.4 Å². The van der Waals surface area contributed by atoms with Crippen molar-refractivity contribution in [3.8, 4) is 5.75 Å². The molecule has 1 saturated carbocycles. The Morgan fingerprint density at radius 2 is 2.10 bits per heavy atom. The van der Waals surface area contributed by atoms with Gasteiger partial charge in [-0.15, -0.1) is 0 Å². The van der Waals surface area contributed by atoms with Gasteiger partial charge in [-0.3, -0.25) is 9.59 Å². The number of fused-ring (bicyclic) bond motifs is 1. The Hall–Kier alpha value is -2.04. The Labute approximate surface area is 116 Å². The number of hydrogen-bond donors (Lipinski definition) is 2. The first-order chi connectivity index (χ1) is 9.62. The molecule has 1 amide bonds. The Bertz CT molecular complexity index is 526. The molecule has 1 unspecified atom stereocenters. The molecule has 5 heteroatoms. The normalized spacial score (nSPS) is 22.3. The molecule has 1 aromatic rings. The zero-order chi connectivity index (χ0) is 14.2. The van der Waals surface area contributed by atoms with Gasteiger partial charge in [0.2, 0.25) is 5.91 Å². The van der Waals surface area contributed by atoms with Crippen molar-refractivity contribution in [3.05, 3.63) is 29.8 Å². The molecular formula is C15H17NO4. The maximum Gasteiger partial charge on any atom is 0.319 e. The number of amides is 1. The van der Waals surface area contributed by atoms with E-state index >= 15 is 0 Å². The highest BCUT2D eigenvalue weighted by Gasteiger charge is 2.51. The van der Waals surface area contributed by atoms with E-state index in [4.69, 9.17) is 4.74 Å². The van der Waals surface area contributed by atoms with Crippen molar-refractivity contribution in [3.63, 3.8) is 0 Å². The molecule has 0 saturated heterocycles. The Morgan fingerprint density at radius 1 is 1.35 bits per heavy atom. The predicted octanol–water partition coefficient (Wildman–Crippen LogP) is 1.36. The number of rotatable bonds is 4. The molecule has 2 aliphatic rings. The lowest BCUT2D eigenvalue weighted by Gasteiger charge is -2.36. The molecule has 1 aliphatic heterocycles. The molecule has 2 N–H and O–H groups in total. The SMILES string of the molecule is O=C(O)C1(C(=O)NCC2Cc3ccccc3O2)CCC1. The fourth-order valence-corrected chi connectivity index (χ4v) is 2.81. The van der Waals surface area contributed by atoms with Gasteiger partial charge in [-0.1, -0.05) is 24.6 Å². The van der Waals surface area contributed by atoms with Crippen LogP contribution in [-0.4, -0.2) is 29.6 Å². The zero-order valence-corrected chi connectivity index (χ0v) is 11.1. The van der Waals surface area contributed by atoms with Crippen LogP contribution in [-0.2, 0) is 16.0 Å². The monoisotopic (exact) mass is 275 g/mol. The number of carboxylic acid groups (broad SMARTS) is 1. The van der Waals surface area contributed by atoms with Crippen molar-refractivity contribution in [2.75, 3.05) is 6.54 Å². The summed E-state index contributed by atoms with van der Waals surface area (Å²) in [6.45, 7) is 0.350. The first-order valence-corrected chi connectivity index (χ1v) is 6.88. The minimum Gasteiger partial charge on any atom is -0.488 e. The van der Waals surface area contributed by atoms with Gasteiger partial charge in [0.25, 0.3) is 0 Å². The number of aliphatic carboxylic acids is 1. The summed E-state index contributed by atoms with van der Waals surface area (Å²) in [6, 6.07) is 7.77. The lowest BCUT2D eigenvalue weighted by Crippen LogP contribution is -2.52. The molecule has 1 fully saturated rings. The maximum absolute atomic E-state index is 12.1. The summed E-state index contributed by atoms with van der Waals surface area (Å²) in [7, 11) is 0. The molecule has 106 valence electrons. The number of para-hydroxylation sites is 1.